The van der Waals surface area contributed by atoms with Gasteiger partial charge < -0.3 is 24.1 Å². The zero-order valence-electron chi connectivity index (χ0n) is 21.0. The third-order valence-corrected chi connectivity index (χ3v) is 10.4. The topological polar surface area (TPSA) is 89.5 Å². The predicted molar refractivity (Wildman–Crippen MR) is 126 cm³/mol. The number of nitrogens with zero attached hydrogens (tertiary/aromatic N) is 1. The van der Waals surface area contributed by atoms with Crippen molar-refractivity contribution in [2.24, 2.45) is 23.7 Å². The lowest BCUT2D eigenvalue weighted by atomic mass is 9.60. The lowest BCUT2D eigenvalue weighted by molar-refractivity contribution is -0.195. The predicted octanol–water partition coefficient (Wildman–Crippen LogP) is 1.76. The molecule has 0 radical (unpaired) electrons. The van der Waals surface area contributed by atoms with Crippen LogP contribution >= 0.6 is 11.6 Å². The molecule has 11 atom stereocenters. The third kappa shape index (κ3) is 3.63. The van der Waals surface area contributed by atoms with Crippen molar-refractivity contribution in [1.29, 1.82) is 0 Å². The highest BCUT2D eigenvalue weighted by Gasteiger charge is 2.71. The van der Waals surface area contributed by atoms with Gasteiger partial charge in [0.1, 0.15) is 0 Å². The Morgan fingerprint density at radius 2 is 1.76 bits per heavy atom. The minimum absolute atomic E-state index is 0.0422. The van der Waals surface area contributed by atoms with Crippen LogP contribution in [0.2, 0.25) is 0 Å². The molecule has 194 valence electrons. The van der Waals surface area contributed by atoms with Crippen LogP contribution in [0, 0.1) is 23.7 Å². The molecule has 2 saturated heterocycles. The summed E-state index contributed by atoms with van der Waals surface area (Å²) in [4.78, 5) is 14.2. The summed E-state index contributed by atoms with van der Waals surface area (Å²) in [6.07, 6.45) is 3.75. The van der Waals surface area contributed by atoms with Crippen molar-refractivity contribution in [2.45, 2.75) is 99.0 Å². The number of carbonyl (C=O) groups is 1. The Morgan fingerprint density at radius 3 is 2.38 bits per heavy atom. The molecule has 3 saturated carbocycles. The van der Waals surface area contributed by atoms with E-state index in [-0.39, 0.29) is 41.9 Å². The Balaban J connectivity index is 1.45. The average molecular weight is 501 g/mol. The number of aliphatic hydroxyl groups is 1. The van der Waals surface area contributed by atoms with Crippen molar-refractivity contribution in [3.8, 4) is 0 Å². The second-order valence-corrected chi connectivity index (χ2v) is 11.8. The molecule has 0 bridgehead atoms. The molecule has 9 heteroatoms. The maximum absolute atomic E-state index is 14.2. The summed E-state index contributed by atoms with van der Waals surface area (Å²) in [6.45, 7) is 2.03. The van der Waals surface area contributed by atoms with E-state index in [1.807, 2.05) is 6.92 Å². The molecule has 5 aliphatic rings. The highest BCUT2D eigenvalue weighted by Crippen LogP contribution is 2.55. The van der Waals surface area contributed by atoms with E-state index < -0.39 is 29.1 Å². The number of alkyl halides is 1. The molecule has 0 aromatic heterocycles. The zero-order valence-corrected chi connectivity index (χ0v) is 21.7. The van der Waals surface area contributed by atoms with Gasteiger partial charge in [-0.2, -0.15) is 0 Å². The molecule has 2 N–H and O–H groups in total. The lowest BCUT2D eigenvalue weighted by Gasteiger charge is -2.49. The average Bonchev–Trinajstić information content (AvgIpc) is 3.33. The number of carbonyl (C=O) groups excluding carboxylic acids is 1. The minimum Gasteiger partial charge on any atom is -0.389 e. The molecule has 9 unspecified atom stereocenters. The zero-order chi connectivity index (χ0) is 24.4. The number of methoxy groups -OCH3 is 3. The van der Waals surface area contributed by atoms with Crippen LogP contribution in [-0.2, 0) is 23.7 Å². The maximum atomic E-state index is 14.2. The molecule has 0 aromatic rings. The summed E-state index contributed by atoms with van der Waals surface area (Å²) in [6, 6.07) is 0.250. The summed E-state index contributed by atoms with van der Waals surface area (Å²) >= 11 is 6.81. The molecule has 2 heterocycles. The number of hydrogen-bond donors (Lipinski definition) is 2. The van der Waals surface area contributed by atoms with E-state index in [1.54, 1.807) is 21.3 Å². The number of Topliss-reactive ketones (excluding diaryl/α,β-unsaturated/α-hetero) is 1. The first-order chi connectivity index (χ1) is 16.3. The number of hydrogen-bond acceptors (Lipinski definition) is 8. The molecular formula is C25H41ClN2O6. The first-order valence-corrected chi connectivity index (χ1v) is 13.3. The van der Waals surface area contributed by atoms with Crippen molar-refractivity contribution in [3.05, 3.63) is 0 Å². The summed E-state index contributed by atoms with van der Waals surface area (Å²) < 4.78 is 23.6. The molecule has 2 aliphatic heterocycles. The molecule has 3 aliphatic carbocycles. The van der Waals surface area contributed by atoms with E-state index in [0.717, 1.165) is 32.1 Å². The van der Waals surface area contributed by atoms with Crippen LogP contribution in [-0.4, -0.2) is 97.9 Å². The summed E-state index contributed by atoms with van der Waals surface area (Å²) in [5.41, 5.74) is 2.36. The third-order valence-electron chi connectivity index (χ3n) is 9.87. The molecular weight excluding hydrogens is 460 g/mol. The van der Waals surface area contributed by atoms with Gasteiger partial charge in [-0.15, -0.1) is 11.6 Å². The number of ether oxygens (including phenoxy) is 4. The van der Waals surface area contributed by atoms with Gasteiger partial charge in [-0.1, -0.05) is 6.92 Å². The molecule has 34 heavy (non-hydrogen) atoms. The van der Waals surface area contributed by atoms with Crippen LogP contribution in [0.15, 0.2) is 0 Å². The number of ketones is 1. The van der Waals surface area contributed by atoms with Crippen LogP contribution in [0.3, 0.4) is 0 Å². The highest BCUT2D eigenvalue weighted by atomic mass is 35.5. The smallest absolute Gasteiger partial charge is 0.175 e. The Labute approximate surface area is 207 Å². The maximum Gasteiger partial charge on any atom is 0.175 e. The number of hydrazine groups is 1. The fraction of sp³-hybridized carbons (Fsp3) is 0.960. The Kier molecular flexibility index (Phi) is 7.10. The number of halogens is 1. The van der Waals surface area contributed by atoms with Crippen LogP contribution in [0.25, 0.3) is 0 Å². The van der Waals surface area contributed by atoms with E-state index in [9.17, 15) is 9.90 Å². The SMILES string of the molecule is COC1CCC(C2C3C(C[C@@H](C)[C@]4(OC5C(Cl)C(OC)CC(OC)C5C4=O)C3O)NN2C)CC1. The second-order valence-electron chi connectivity index (χ2n) is 11.3. The molecule has 0 aromatic carbocycles. The molecule has 0 amide bonds. The van der Waals surface area contributed by atoms with Crippen molar-refractivity contribution in [1.82, 2.24) is 10.4 Å². The van der Waals surface area contributed by atoms with Crippen molar-refractivity contribution >= 4 is 17.4 Å². The van der Waals surface area contributed by atoms with Gasteiger partial charge >= 0.3 is 0 Å². The molecule has 5 rings (SSSR count). The standard InChI is InChI=1S/C25H41ClN2O6/c1-12-10-15-18(21(28(2)27-15)13-6-8-14(31-3)9-7-13)23(29)25(12)24(30)19-16(32-4)11-17(33-5)20(26)22(19)34-25/h12-23,27,29H,6-11H2,1-5H3/t12-,13?,14?,15?,16?,17?,18?,19?,20?,21?,22?,23?,25+/m1/s1. The fourth-order valence-electron chi connectivity index (χ4n) is 8.15. The minimum atomic E-state index is -1.27. The highest BCUT2D eigenvalue weighted by molar-refractivity contribution is 6.22. The van der Waals surface area contributed by atoms with Gasteiger partial charge in [0.2, 0.25) is 0 Å². The van der Waals surface area contributed by atoms with Crippen LogP contribution in [0.1, 0.15) is 45.4 Å². The van der Waals surface area contributed by atoms with E-state index in [2.05, 4.69) is 17.5 Å². The number of rotatable bonds is 4. The fourth-order valence-corrected chi connectivity index (χ4v) is 8.56. The first kappa shape index (κ1) is 25.3. The summed E-state index contributed by atoms with van der Waals surface area (Å²) in [7, 11) is 7.12. The number of aliphatic hydroxyl groups excluding tert-OH is 1. The van der Waals surface area contributed by atoms with Gasteiger partial charge in [0.25, 0.3) is 0 Å². The quantitative estimate of drug-likeness (QED) is 0.564. The number of nitrogens with one attached hydrogen (secondary N) is 1. The lowest BCUT2D eigenvalue weighted by Crippen LogP contribution is -2.64. The Hall–Kier alpha value is -0.320. The van der Waals surface area contributed by atoms with Gasteiger partial charge in [0.05, 0.1) is 41.8 Å². The summed E-state index contributed by atoms with van der Waals surface area (Å²) in [5.74, 6) is -0.340. The van der Waals surface area contributed by atoms with Gasteiger partial charge in [-0.25, -0.2) is 5.01 Å². The monoisotopic (exact) mass is 500 g/mol. The van der Waals surface area contributed by atoms with Crippen LogP contribution in [0.5, 0.6) is 0 Å². The van der Waals surface area contributed by atoms with Crippen molar-refractivity contribution < 1.29 is 28.8 Å². The van der Waals surface area contributed by atoms with E-state index in [1.165, 1.54) is 0 Å². The van der Waals surface area contributed by atoms with Gasteiger partial charge in [0, 0.05) is 52.8 Å². The van der Waals surface area contributed by atoms with Crippen molar-refractivity contribution in [2.75, 3.05) is 28.4 Å². The van der Waals surface area contributed by atoms with Crippen molar-refractivity contribution in [3.63, 3.8) is 0 Å². The Bertz CT molecular complexity index is 766. The second kappa shape index (κ2) is 9.53. The van der Waals surface area contributed by atoms with E-state index >= 15 is 0 Å². The van der Waals surface area contributed by atoms with Crippen LogP contribution < -0.4 is 5.43 Å². The van der Waals surface area contributed by atoms with E-state index in [4.69, 9.17) is 30.5 Å². The largest absolute Gasteiger partial charge is 0.389 e. The molecule has 5 fully saturated rings. The van der Waals surface area contributed by atoms with Crippen LogP contribution in [0.4, 0.5) is 0 Å². The van der Waals surface area contributed by atoms with Gasteiger partial charge in [-0.05, 0) is 43.9 Å². The van der Waals surface area contributed by atoms with E-state index in [0.29, 0.717) is 18.4 Å². The number of fused-ring (bicyclic) bond motifs is 2. The van der Waals surface area contributed by atoms with Gasteiger partial charge in [0.15, 0.2) is 11.4 Å². The van der Waals surface area contributed by atoms with Gasteiger partial charge in [-0.3, -0.25) is 10.2 Å². The molecule has 1 spiro atoms. The normalized spacial score (nSPS) is 53.8. The Morgan fingerprint density at radius 1 is 1.09 bits per heavy atom. The molecule has 8 nitrogen and oxygen atoms in total. The summed E-state index contributed by atoms with van der Waals surface area (Å²) in [5, 5.41) is 13.8. The first-order valence-electron chi connectivity index (χ1n) is 12.9.